The number of ether oxygens (including phenoxy) is 1. The van der Waals surface area contributed by atoms with Crippen LogP contribution in [0.25, 0.3) is 0 Å². The van der Waals surface area contributed by atoms with Gasteiger partial charge >= 0.3 is 0 Å². The van der Waals surface area contributed by atoms with Gasteiger partial charge in [0.25, 0.3) is 0 Å². The normalized spacial score (nSPS) is 13.4. The molecule has 0 spiro atoms. The second kappa shape index (κ2) is 17.1. The Morgan fingerprint density at radius 2 is 1.11 bits per heavy atom. The smallest absolute Gasteiger partial charge is 0.119 e. The number of rotatable bonds is 18. The van der Waals surface area contributed by atoms with Crippen molar-refractivity contribution >= 4 is 0 Å². The largest absolute Gasteiger partial charge is 0.490 e. The summed E-state index contributed by atoms with van der Waals surface area (Å²) in [5, 5.41) is 0. The zero-order chi connectivity index (χ0) is 19.6. The van der Waals surface area contributed by atoms with Crippen molar-refractivity contribution in [3.05, 3.63) is 30.3 Å². The second-order valence-electron chi connectivity index (χ2n) is 8.41. The van der Waals surface area contributed by atoms with E-state index in [0.717, 1.165) is 5.75 Å². The predicted octanol–water partition coefficient (Wildman–Crippen LogP) is 8.96. The van der Waals surface area contributed by atoms with Crippen LogP contribution in [0.4, 0.5) is 0 Å². The molecule has 0 radical (unpaired) electrons. The molecule has 0 heterocycles. The Morgan fingerprint density at radius 3 is 1.70 bits per heavy atom. The van der Waals surface area contributed by atoms with Crippen LogP contribution in [0, 0.1) is 5.92 Å². The lowest BCUT2D eigenvalue weighted by Crippen LogP contribution is -2.25. The third-order valence-electron chi connectivity index (χ3n) is 5.77. The van der Waals surface area contributed by atoms with E-state index in [4.69, 9.17) is 4.74 Å². The highest BCUT2D eigenvalue weighted by molar-refractivity contribution is 5.21. The summed E-state index contributed by atoms with van der Waals surface area (Å²) in [5.74, 6) is 1.69. The fourth-order valence-electron chi connectivity index (χ4n) is 3.87. The molecule has 0 aliphatic heterocycles. The summed E-state index contributed by atoms with van der Waals surface area (Å²) in [4.78, 5) is 0. The maximum absolute atomic E-state index is 6.41. The van der Waals surface area contributed by atoms with E-state index in [1.54, 1.807) is 0 Å². The average molecular weight is 375 g/mol. The number of benzene rings is 1. The highest BCUT2D eigenvalue weighted by Gasteiger charge is 2.18. The van der Waals surface area contributed by atoms with E-state index in [0.29, 0.717) is 12.0 Å². The molecule has 27 heavy (non-hydrogen) atoms. The molecule has 0 N–H and O–H groups in total. The maximum atomic E-state index is 6.41. The van der Waals surface area contributed by atoms with Crippen LogP contribution in [0.1, 0.15) is 117 Å². The monoisotopic (exact) mass is 374 g/mol. The lowest BCUT2D eigenvalue weighted by molar-refractivity contribution is 0.123. The van der Waals surface area contributed by atoms with Crippen molar-refractivity contribution in [1.82, 2.24) is 0 Å². The number of unbranched alkanes of at least 4 members (excludes halogenated alkanes) is 11. The summed E-state index contributed by atoms with van der Waals surface area (Å²) in [7, 11) is 0. The van der Waals surface area contributed by atoms with Gasteiger partial charge in [0, 0.05) is 0 Å². The first-order chi connectivity index (χ1) is 13.3. The molecule has 0 bridgehead atoms. The maximum Gasteiger partial charge on any atom is 0.119 e. The fourth-order valence-corrected chi connectivity index (χ4v) is 3.87. The molecular weight excluding hydrogens is 328 g/mol. The summed E-state index contributed by atoms with van der Waals surface area (Å²) in [5.41, 5.74) is 0. The highest BCUT2D eigenvalue weighted by Crippen LogP contribution is 2.24. The van der Waals surface area contributed by atoms with Gasteiger partial charge in [-0.25, -0.2) is 0 Å². The van der Waals surface area contributed by atoms with Crippen molar-refractivity contribution in [2.75, 3.05) is 0 Å². The van der Waals surface area contributed by atoms with Gasteiger partial charge in [0.2, 0.25) is 0 Å². The van der Waals surface area contributed by atoms with Crippen molar-refractivity contribution in [2.45, 2.75) is 123 Å². The number of hydrogen-bond donors (Lipinski definition) is 0. The molecule has 0 aliphatic carbocycles. The van der Waals surface area contributed by atoms with E-state index in [2.05, 4.69) is 51.1 Å². The van der Waals surface area contributed by atoms with Crippen LogP contribution in [-0.4, -0.2) is 6.10 Å². The minimum atomic E-state index is 0.374. The van der Waals surface area contributed by atoms with Crippen LogP contribution in [0.15, 0.2) is 30.3 Å². The van der Waals surface area contributed by atoms with Crippen molar-refractivity contribution in [1.29, 1.82) is 0 Å². The van der Waals surface area contributed by atoms with Gasteiger partial charge < -0.3 is 4.74 Å². The Kier molecular flexibility index (Phi) is 15.3. The van der Waals surface area contributed by atoms with Crippen molar-refractivity contribution in [3.8, 4) is 5.75 Å². The topological polar surface area (TPSA) is 9.23 Å². The minimum Gasteiger partial charge on any atom is -0.490 e. The quantitative estimate of drug-likeness (QED) is 0.233. The van der Waals surface area contributed by atoms with Gasteiger partial charge in [0.15, 0.2) is 0 Å². The Morgan fingerprint density at radius 1 is 0.630 bits per heavy atom. The predicted molar refractivity (Wildman–Crippen MR) is 121 cm³/mol. The van der Waals surface area contributed by atoms with Crippen LogP contribution in [0.3, 0.4) is 0 Å². The van der Waals surface area contributed by atoms with E-state index >= 15 is 0 Å². The van der Waals surface area contributed by atoms with Crippen molar-refractivity contribution in [3.63, 3.8) is 0 Å². The average Bonchev–Trinajstić information content (AvgIpc) is 2.69. The summed E-state index contributed by atoms with van der Waals surface area (Å²) in [6, 6.07) is 10.4. The minimum absolute atomic E-state index is 0.374. The number of para-hydroxylation sites is 1. The molecule has 2 atom stereocenters. The molecule has 1 heteroatoms. The molecule has 1 rings (SSSR count). The van der Waals surface area contributed by atoms with Gasteiger partial charge in [-0.05, 0) is 37.3 Å². The van der Waals surface area contributed by atoms with Gasteiger partial charge in [-0.2, -0.15) is 0 Å². The van der Waals surface area contributed by atoms with Crippen LogP contribution in [-0.2, 0) is 0 Å². The number of hydrogen-bond acceptors (Lipinski definition) is 1. The Balaban J connectivity index is 2.28. The molecular formula is C26H46O. The molecule has 156 valence electrons. The molecule has 0 aliphatic rings. The third-order valence-corrected chi connectivity index (χ3v) is 5.77. The Labute approximate surface area is 170 Å². The first-order valence-corrected chi connectivity index (χ1v) is 12.0. The molecule has 1 nitrogen and oxygen atoms in total. The highest BCUT2D eigenvalue weighted by atomic mass is 16.5. The SMILES string of the molecule is CCCCCCCCCCCC(Oc1ccccc1)C(C)CCCCCC. The van der Waals surface area contributed by atoms with Crippen LogP contribution in [0.2, 0.25) is 0 Å². The summed E-state index contributed by atoms with van der Waals surface area (Å²) < 4.78 is 6.41. The first kappa shape index (κ1) is 24.1. The molecule has 1 aromatic rings. The lowest BCUT2D eigenvalue weighted by Gasteiger charge is -2.25. The molecule has 2 unspecified atom stereocenters. The van der Waals surface area contributed by atoms with Crippen molar-refractivity contribution in [2.24, 2.45) is 5.92 Å². The van der Waals surface area contributed by atoms with Gasteiger partial charge in [-0.15, -0.1) is 0 Å². The lowest BCUT2D eigenvalue weighted by atomic mass is 9.93. The zero-order valence-electron chi connectivity index (χ0n) is 18.6. The van der Waals surface area contributed by atoms with Crippen LogP contribution in [0.5, 0.6) is 5.75 Å². The summed E-state index contributed by atoms with van der Waals surface area (Å²) >= 11 is 0. The molecule has 0 saturated carbocycles. The van der Waals surface area contributed by atoms with E-state index in [1.165, 1.54) is 96.3 Å². The van der Waals surface area contributed by atoms with Gasteiger partial charge in [-0.3, -0.25) is 0 Å². The zero-order valence-corrected chi connectivity index (χ0v) is 18.6. The Bertz CT molecular complexity index is 413. The van der Waals surface area contributed by atoms with Crippen LogP contribution < -0.4 is 4.74 Å². The van der Waals surface area contributed by atoms with Crippen LogP contribution >= 0.6 is 0 Å². The molecule has 0 aromatic heterocycles. The van der Waals surface area contributed by atoms with E-state index in [-0.39, 0.29) is 0 Å². The first-order valence-electron chi connectivity index (χ1n) is 12.0. The van der Waals surface area contributed by atoms with E-state index in [9.17, 15) is 0 Å². The molecule has 0 amide bonds. The van der Waals surface area contributed by atoms with Crippen molar-refractivity contribution < 1.29 is 4.74 Å². The van der Waals surface area contributed by atoms with E-state index in [1.807, 2.05) is 0 Å². The second-order valence-corrected chi connectivity index (χ2v) is 8.41. The van der Waals surface area contributed by atoms with Gasteiger partial charge in [0.1, 0.15) is 11.9 Å². The molecule has 1 aromatic carbocycles. The third kappa shape index (κ3) is 12.9. The van der Waals surface area contributed by atoms with Gasteiger partial charge in [0.05, 0.1) is 0 Å². The Hall–Kier alpha value is -0.980. The fraction of sp³-hybridized carbons (Fsp3) is 0.769. The molecule has 0 fully saturated rings. The van der Waals surface area contributed by atoms with E-state index < -0.39 is 0 Å². The standard InChI is InChI=1S/C26H46O/c1-4-6-8-10-11-12-13-14-19-23-26(24(3)20-16-9-7-5-2)27-25-21-17-15-18-22-25/h15,17-18,21-22,24,26H,4-14,16,19-20,23H2,1-3H3. The molecule has 0 saturated heterocycles. The van der Waals surface area contributed by atoms with Gasteiger partial charge in [-0.1, -0.05) is 116 Å². The summed E-state index contributed by atoms with van der Waals surface area (Å²) in [6.45, 7) is 6.97. The summed E-state index contributed by atoms with van der Waals surface area (Å²) in [6.07, 6.45) is 20.8.